The molecule has 1 N–H and O–H groups in total. The van der Waals surface area contributed by atoms with Crippen LogP contribution in [0.15, 0.2) is 34.6 Å². The molecule has 0 radical (unpaired) electrons. The Kier molecular flexibility index (Phi) is 11.5. The van der Waals surface area contributed by atoms with E-state index in [4.69, 9.17) is 14.6 Å². The first-order valence-electron chi connectivity index (χ1n) is 8.60. The minimum absolute atomic E-state index is 0.0157. The molecule has 1 aromatic rings. The highest BCUT2D eigenvalue weighted by atomic mass is 32.2. The molecule has 0 spiro atoms. The van der Waals surface area contributed by atoms with E-state index in [1.54, 1.807) is 13.8 Å². The van der Waals surface area contributed by atoms with E-state index in [1.165, 1.54) is 23.5 Å². The van der Waals surface area contributed by atoms with Crippen molar-refractivity contribution in [2.24, 2.45) is 0 Å². The van der Waals surface area contributed by atoms with Gasteiger partial charge in [0.15, 0.2) is 10.3 Å². The van der Waals surface area contributed by atoms with E-state index in [-0.39, 0.29) is 19.8 Å². The molecule has 8 nitrogen and oxygen atoms in total. The summed E-state index contributed by atoms with van der Waals surface area (Å²) in [7, 11) is 0. The van der Waals surface area contributed by atoms with E-state index in [0.29, 0.717) is 51.6 Å². The summed E-state index contributed by atoms with van der Waals surface area (Å²) in [6.07, 6.45) is 1.07. The zero-order valence-electron chi connectivity index (χ0n) is 16.1. The van der Waals surface area contributed by atoms with Gasteiger partial charge in [-0.3, -0.25) is 0 Å². The van der Waals surface area contributed by atoms with Crippen LogP contribution in [0.3, 0.4) is 0 Å². The second kappa shape index (κ2) is 13.3. The van der Waals surface area contributed by atoms with Crippen LogP contribution in [0.5, 0.6) is 0 Å². The van der Waals surface area contributed by atoms with Crippen molar-refractivity contribution in [3.05, 3.63) is 30.1 Å². The van der Waals surface area contributed by atoms with Crippen molar-refractivity contribution >= 4 is 35.5 Å². The third kappa shape index (κ3) is 9.86. The molecule has 0 saturated carbocycles. The summed E-state index contributed by atoms with van der Waals surface area (Å²) in [5, 5.41) is 10.0. The van der Waals surface area contributed by atoms with Gasteiger partial charge in [-0.1, -0.05) is 36.7 Å². The van der Waals surface area contributed by atoms with Crippen molar-refractivity contribution in [3.8, 4) is 0 Å². The van der Waals surface area contributed by atoms with Gasteiger partial charge in [0.1, 0.15) is 12.4 Å². The molecule has 10 heteroatoms. The van der Waals surface area contributed by atoms with Crippen LogP contribution >= 0.6 is 23.5 Å². The van der Waals surface area contributed by atoms with Crippen LogP contribution in [0.1, 0.15) is 26.1 Å². The molecule has 0 aliphatic carbocycles. The molecule has 154 valence electrons. The molecule has 0 aliphatic heterocycles. The van der Waals surface area contributed by atoms with Crippen LogP contribution in [0.25, 0.3) is 0 Å². The Morgan fingerprint density at radius 2 is 1.46 bits per heavy atom. The first kappa shape index (κ1) is 24.1. The van der Waals surface area contributed by atoms with Gasteiger partial charge in [-0.25, -0.2) is 19.6 Å². The predicted octanol–water partition coefficient (Wildman–Crippen LogP) is 2.22. The first-order valence-corrected chi connectivity index (χ1v) is 10.6. The molecule has 0 bridgehead atoms. The minimum atomic E-state index is -0.430. The number of aliphatic hydroxyl groups excluding tert-OH is 1. The predicted molar refractivity (Wildman–Crippen MR) is 108 cm³/mol. The Morgan fingerprint density at radius 1 is 0.929 bits per heavy atom. The second-order valence-corrected chi connectivity index (χ2v) is 7.80. The molecule has 0 aromatic carbocycles. The Balaban J connectivity index is 2.61. The summed E-state index contributed by atoms with van der Waals surface area (Å²) >= 11 is 2.67. The van der Waals surface area contributed by atoms with Crippen molar-refractivity contribution in [2.75, 3.05) is 31.3 Å². The van der Waals surface area contributed by atoms with Crippen molar-refractivity contribution in [2.45, 2.75) is 37.0 Å². The van der Waals surface area contributed by atoms with E-state index >= 15 is 0 Å². The highest BCUT2D eigenvalue weighted by molar-refractivity contribution is 7.99. The third-order valence-electron chi connectivity index (χ3n) is 2.99. The van der Waals surface area contributed by atoms with E-state index in [1.807, 2.05) is 0 Å². The third-order valence-corrected chi connectivity index (χ3v) is 4.62. The average Bonchev–Trinajstić information content (AvgIpc) is 2.66. The lowest BCUT2D eigenvalue weighted by atomic mass is 10.3. The summed E-state index contributed by atoms with van der Waals surface area (Å²) in [5.41, 5.74) is 0.705. The molecule has 0 unspecified atom stereocenters. The fraction of sp³-hybridized carbons (Fsp3) is 0.500. The number of aromatic nitrogens is 3. The number of nitrogens with zero attached hydrogens (tertiary/aromatic N) is 3. The smallest absolute Gasteiger partial charge is 0.333 e. The minimum Gasteiger partial charge on any atom is -0.462 e. The maximum Gasteiger partial charge on any atom is 0.333 e. The van der Waals surface area contributed by atoms with Crippen molar-refractivity contribution in [3.63, 3.8) is 0 Å². The number of hydrogen-bond acceptors (Lipinski definition) is 10. The van der Waals surface area contributed by atoms with Crippen LogP contribution in [0.4, 0.5) is 0 Å². The van der Waals surface area contributed by atoms with Gasteiger partial charge in [-0.15, -0.1) is 0 Å². The summed E-state index contributed by atoms with van der Waals surface area (Å²) in [4.78, 5) is 35.9. The lowest BCUT2D eigenvalue weighted by molar-refractivity contribution is -0.139. The number of esters is 2. The van der Waals surface area contributed by atoms with Crippen molar-refractivity contribution in [1.82, 2.24) is 15.0 Å². The number of rotatable bonds is 13. The largest absolute Gasteiger partial charge is 0.462 e. The molecule has 0 amide bonds. The maximum absolute atomic E-state index is 11.4. The zero-order chi connectivity index (χ0) is 20.9. The molecule has 0 fully saturated rings. The lowest BCUT2D eigenvalue weighted by Crippen LogP contribution is -2.09. The highest BCUT2D eigenvalue weighted by Gasteiger charge is 2.10. The second-order valence-electron chi connectivity index (χ2n) is 5.67. The topological polar surface area (TPSA) is 112 Å². The molecular formula is C18H25N3O5S2. The van der Waals surface area contributed by atoms with E-state index in [9.17, 15) is 9.59 Å². The van der Waals surface area contributed by atoms with Gasteiger partial charge in [0.05, 0.1) is 13.2 Å². The molecule has 0 atom stereocenters. The van der Waals surface area contributed by atoms with Gasteiger partial charge in [-0.05, 0) is 20.3 Å². The lowest BCUT2D eigenvalue weighted by Gasteiger charge is -2.08. The van der Waals surface area contributed by atoms with Crippen LogP contribution in [-0.2, 0) is 25.5 Å². The normalized spacial score (nSPS) is 10.4. The van der Waals surface area contributed by atoms with Crippen molar-refractivity contribution < 1.29 is 24.2 Å². The van der Waals surface area contributed by atoms with Gasteiger partial charge in [0.2, 0.25) is 0 Å². The van der Waals surface area contributed by atoms with Gasteiger partial charge >= 0.3 is 11.9 Å². The Labute approximate surface area is 173 Å². The number of aryl methyl sites for hydroxylation is 1. The summed E-state index contributed by atoms with van der Waals surface area (Å²) < 4.78 is 10.1. The molecule has 28 heavy (non-hydrogen) atoms. The van der Waals surface area contributed by atoms with Crippen LogP contribution in [0, 0.1) is 0 Å². The molecule has 1 aromatic heterocycles. The molecule has 1 rings (SSSR count). The number of ether oxygens (including phenoxy) is 2. The van der Waals surface area contributed by atoms with E-state index in [2.05, 4.69) is 28.1 Å². The molecular weight excluding hydrogens is 402 g/mol. The zero-order valence-corrected chi connectivity index (χ0v) is 17.7. The fourth-order valence-electron chi connectivity index (χ4n) is 1.66. The number of hydrogen-bond donors (Lipinski definition) is 1. The van der Waals surface area contributed by atoms with Gasteiger partial charge in [-0.2, -0.15) is 4.98 Å². The van der Waals surface area contributed by atoms with Crippen molar-refractivity contribution in [1.29, 1.82) is 0 Å². The van der Waals surface area contributed by atoms with Crippen LogP contribution in [0.2, 0.25) is 0 Å². The van der Waals surface area contributed by atoms with E-state index in [0.717, 1.165) is 0 Å². The van der Waals surface area contributed by atoms with Crippen LogP contribution in [-0.4, -0.2) is 63.3 Å². The Morgan fingerprint density at radius 3 is 2.00 bits per heavy atom. The number of aliphatic hydroxyl groups is 1. The first-order chi connectivity index (χ1) is 13.3. The average molecular weight is 428 g/mol. The number of carbonyl (C=O) groups excluding carboxylic acids is 2. The van der Waals surface area contributed by atoms with Gasteiger partial charge in [0.25, 0.3) is 0 Å². The monoisotopic (exact) mass is 427 g/mol. The van der Waals surface area contributed by atoms with Crippen LogP contribution < -0.4 is 0 Å². The van der Waals surface area contributed by atoms with E-state index < -0.39 is 11.9 Å². The van der Waals surface area contributed by atoms with Gasteiger partial charge < -0.3 is 14.6 Å². The highest BCUT2D eigenvalue weighted by Crippen LogP contribution is 2.19. The Bertz CT molecular complexity index is 660. The number of carbonyl (C=O) groups is 2. The number of thioether (sulfide) groups is 2. The summed E-state index contributed by atoms with van der Waals surface area (Å²) in [6.45, 7) is 10.7. The maximum atomic E-state index is 11.4. The summed E-state index contributed by atoms with van der Waals surface area (Å²) in [6, 6.07) is 0. The molecule has 0 aliphatic rings. The Hall–Kier alpha value is -1.91. The molecule has 1 heterocycles. The quantitative estimate of drug-likeness (QED) is 0.218. The van der Waals surface area contributed by atoms with Gasteiger partial charge in [0, 0.05) is 29.1 Å². The SMILES string of the molecule is C=C(C)C(=O)OCCCc1nc(SCCO)nc(SCCOC(=O)C(=C)C)n1. The molecule has 0 saturated heterocycles. The standard InChI is InChI=1S/C18H25N3O5S2/c1-12(2)15(23)25-8-5-6-14-19-17(27-10-7-22)21-18(20-14)28-11-9-26-16(24)13(3)4/h22H,1,3,5-11H2,2,4H3. The fourth-order valence-corrected chi connectivity index (χ4v) is 2.99. The summed E-state index contributed by atoms with van der Waals surface area (Å²) in [5.74, 6) is 0.682.